The number of carbonyl (C=O) groups excluding carboxylic acids is 1. The van der Waals surface area contributed by atoms with Gasteiger partial charge in [0.2, 0.25) is 0 Å². The van der Waals surface area contributed by atoms with Gasteiger partial charge in [-0.3, -0.25) is 4.79 Å². The van der Waals surface area contributed by atoms with E-state index in [1.165, 1.54) is 0 Å². The summed E-state index contributed by atoms with van der Waals surface area (Å²) in [5, 5.41) is 12.8. The van der Waals surface area contributed by atoms with Crippen LogP contribution in [0.1, 0.15) is 18.9 Å². The van der Waals surface area contributed by atoms with Gasteiger partial charge in [0, 0.05) is 16.7 Å². The first-order chi connectivity index (χ1) is 8.54. The van der Waals surface area contributed by atoms with Crippen LogP contribution in [0.4, 0.5) is 5.69 Å². The van der Waals surface area contributed by atoms with E-state index >= 15 is 0 Å². The topological polar surface area (TPSA) is 58.6 Å². The van der Waals surface area contributed by atoms with Crippen LogP contribution < -0.4 is 5.32 Å². The van der Waals surface area contributed by atoms with E-state index in [1.807, 2.05) is 25.1 Å². The molecule has 1 atom stereocenters. The van der Waals surface area contributed by atoms with Gasteiger partial charge in [0.1, 0.15) is 0 Å². The number of carbonyl (C=O) groups is 1. The third-order valence-electron chi connectivity index (χ3n) is 2.50. The Morgan fingerprint density at radius 1 is 1.56 bits per heavy atom. The van der Waals surface area contributed by atoms with Gasteiger partial charge in [-0.2, -0.15) is 0 Å². The summed E-state index contributed by atoms with van der Waals surface area (Å²) in [5.74, 6) is -0.377. The van der Waals surface area contributed by atoms with Crippen LogP contribution in [0.3, 0.4) is 0 Å². The van der Waals surface area contributed by atoms with Gasteiger partial charge in [-0.25, -0.2) is 0 Å². The average Bonchev–Trinajstić information content (AvgIpc) is 2.31. The van der Waals surface area contributed by atoms with Crippen molar-refractivity contribution in [1.29, 1.82) is 0 Å². The summed E-state index contributed by atoms with van der Waals surface area (Å²) in [4.78, 5) is 11.2. The number of rotatable bonds is 6. The van der Waals surface area contributed by atoms with Crippen molar-refractivity contribution in [2.45, 2.75) is 26.4 Å². The molecule has 0 fully saturated rings. The second-order valence-electron chi connectivity index (χ2n) is 3.96. The standard InChI is InChI=1S/C13H18BrNO3/c1-3-18-13(17)7-10(16)8-15-12-6-4-5-11(14)9(12)2/h4-6,10,15-16H,3,7-8H2,1-2H3. The maximum Gasteiger partial charge on any atom is 0.308 e. The van der Waals surface area contributed by atoms with E-state index in [0.717, 1.165) is 15.7 Å². The smallest absolute Gasteiger partial charge is 0.308 e. The molecule has 0 saturated heterocycles. The molecule has 0 radical (unpaired) electrons. The van der Waals surface area contributed by atoms with Crippen molar-refractivity contribution in [3.8, 4) is 0 Å². The van der Waals surface area contributed by atoms with Gasteiger partial charge in [-0.1, -0.05) is 22.0 Å². The maximum atomic E-state index is 11.2. The van der Waals surface area contributed by atoms with Gasteiger partial charge < -0.3 is 15.2 Å². The number of halogens is 1. The number of benzene rings is 1. The van der Waals surface area contributed by atoms with Crippen molar-refractivity contribution in [1.82, 2.24) is 0 Å². The third-order valence-corrected chi connectivity index (χ3v) is 3.36. The normalized spacial score (nSPS) is 12.0. The minimum Gasteiger partial charge on any atom is -0.466 e. The molecule has 0 spiro atoms. The molecule has 0 heterocycles. The Hall–Kier alpha value is -1.07. The number of anilines is 1. The molecule has 1 rings (SSSR count). The number of hydrogen-bond donors (Lipinski definition) is 2. The zero-order valence-electron chi connectivity index (χ0n) is 10.6. The lowest BCUT2D eigenvalue weighted by molar-refractivity contribution is -0.145. The van der Waals surface area contributed by atoms with E-state index in [-0.39, 0.29) is 12.4 Å². The van der Waals surface area contributed by atoms with Crippen molar-refractivity contribution in [3.05, 3.63) is 28.2 Å². The third kappa shape index (κ3) is 4.66. The second kappa shape index (κ2) is 7.38. The number of aliphatic hydroxyl groups excluding tert-OH is 1. The summed E-state index contributed by atoms with van der Waals surface area (Å²) in [6.07, 6.45) is -0.740. The highest BCUT2D eigenvalue weighted by atomic mass is 79.9. The van der Waals surface area contributed by atoms with E-state index < -0.39 is 6.10 Å². The molecule has 0 aliphatic heterocycles. The Morgan fingerprint density at radius 2 is 2.28 bits per heavy atom. The molecule has 1 aromatic rings. The summed E-state index contributed by atoms with van der Waals surface area (Å²) in [5.41, 5.74) is 2.01. The highest BCUT2D eigenvalue weighted by Gasteiger charge is 2.12. The molecule has 0 aromatic heterocycles. The summed E-state index contributed by atoms with van der Waals surface area (Å²) in [6, 6.07) is 5.80. The van der Waals surface area contributed by atoms with Crippen LogP contribution >= 0.6 is 15.9 Å². The Labute approximate surface area is 115 Å². The first-order valence-electron chi connectivity index (χ1n) is 5.87. The fourth-order valence-corrected chi connectivity index (χ4v) is 1.88. The lowest BCUT2D eigenvalue weighted by Gasteiger charge is -2.14. The highest BCUT2D eigenvalue weighted by Crippen LogP contribution is 2.23. The van der Waals surface area contributed by atoms with Crippen LogP contribution in [0.2, 0.25) is 0 Å². The fraction of sp³-hybridized carbons (Fsp3) is 0.462. The van der Waals surface area contributed by atoms with Crippen LogP contribution in [0.15, 0.2) is 22.7 Å². The van der Waals surface area contributed by atoms with E-state index in [1.54, 1.807) is 6.92 Å². The van der Waals surface area contributed by atoms with Crippen LogP contribution in [-0.2, 0) is 9.53 Å². The molecule has 0 amide bonds. The minimum absolute atomic E-state index is 0.00783. The predicted molar refractivity (Wildman–Crippen MR) is 74.6 cm³/mol. The van der Waals surface area contributed by atoms with Gasteiger partial charge in [0.15, 0.2) is 0 Å². The summed E-state index contributed by atoms with van der Waals surface area (Å²) in [7, 11) is 0. The first-order valence-corrected chi connectivity index (χ1v) is 6.66. The Balaban J connectivity index is 2.45. The Bertz CT molecular complexity index is 409. The molecule has 100 valence electrons. The van der Waals surface area contributed by atoms with Crippen molar-refractivity contribution in [2.75, 3.05) is 18.5 Å². The number of ether oxygens (including phenoxy) is 1. The molecule has 0 saturated carbocycles. The number of aliphatic hydroxyl groups is 1. The molecule has 0 bridgehead atoms. The van der Waals surface area contributed by atoms with Gasteiger partial charge in [-0.15, -0.1) is 0 Å². The van der Waals surface area contributed by atoms with Gasteiger partial charge in [-0.05, 0) is 31.5 Å². The monoisotopic (exact) mass is 315 g/mol. The van der Waals surface area contributed by atoms with Crippen LogP contribution in [-0.4, -0.2) is 30.3 Å². The number of esters is 1. The summed E-state index contributed by atoms with van der Waals surface area (Å²) in [6.45, 7) is 4.37. The molecule has 1 unspecified atom stereocenters. The predicted octanol–water partition coefficient (Wildman–Crippen LogP) is 2.48. The Morgan fingerprint density at radius 3 is 2.94 bits per heavy atom. The summed E-state index contributed by atoms with van der Waals surface area (Å²) >= 11 is 3.44. The second-order valence-corrected chi connectivity index (χ2v) is 4.81. The summed E-state index contributed by atoms with van der Waals surface area (Å²) < 4.78 is 5.78. The van der Waals surface area contributed by atoms with E-state index in [0.29, 0.717) is 13.2 Å². The van der Waals surface area contributed by atoms with Gasteiger partial charge >= 0.3 is 5.97 Å². The molecular weight excluding hydrogens is 298 g/mol. The van der Waals surface area contributed by atoms with Crippen LogP contribution in [0, 0.1) is 6.92 Å². The van der Waals surface area contributed by atoms with E-state index in [4.69, 9.17) is 4.74 Å². The zero-order chi connectivity index (χ0) is 13.5. The van der Waals surface area contributed by atoms with Gasteiger partial charge in [0.25, 0.3) is 0 Å². The molecule has 0 aliphatic rings. The van der Waals surface area contributed by atoms with Crippen molar-refractivity contribution >= 4 is 27.6 Å². The first kappa shape index (κ1) is 15.0. The fourth-order valence-electron chi connectivity index (χ4n) is 1.51. The number of hydrogen-bond acceptors (Lipinski definition) is 4. The lowest BCUT2D eigenvalue weighted by Crippen LogP contribution is -2.24. The molecule has 2 N–H and O–H groups in total. The molecule has 4 nitrogen and oxygen atoms in total. The molecule has 0 aliphatic carbocycles. The van der Waals surface area contributed by atoms with E-state index in [9.17, 15) is 9.90 Å². The molecular formula is C13H18BrNO3. The number of nitrogens with one attached hydrogen (secondary N) is 1. The maximum absolute atomic E-state index is 11.2. The Kier molecular flexibility index (Phi) is 6.15. The van der Waals surface area contributed by atoms with E-state index in [2.05, 4.69) is 21.2 Å². The van der Waals surface area contributed by atoms with Crippen molar-refractivity contribution in [2.24, 2.45) is 0 Å². The zero-order valence-corrected chi connectivity index (χ0v) is 12.2. The molecule has 18 heavy (non-hydrogen) atoms. The van der Waals surface area contributed by atoms with Crippen molar-refractivity contribution in [3.63, 3.8) is 0 Å². The SMILES string of the molecule is CCOC(=O)CC(O)CNc1cccc(Br)c1C. The molecule has 1 aromatic carbocycles. The van der Waals surface area contributed by atoms with Crippen LogP contribution in [0.25, 0.3) is 0 Å². The highest BCUT2D eigenvalue weighted by molar-refractivity contribution is 9.10. The lowest BCUT2D eigenvalue weighted by atomic mass is 10.2. The largest absolute Gasteiger partial charge is 0.466 e. The van der Waals surface area contributed by atoms with Crippen molar-refractivity contribution < 1.29 is 14.6 Å². The molecule has 5 heteroatoms. The average molecular weight is 316 g/mol. The van der Waals surface area contributed by atoms with Gasteiger partial charge in [0.05, 0.1) is 19.1 Å². The minimum atomic E-state index is -0.748. The van der Waals surface area contributed by atoms with Crippen LogP contribution in [0.5, 0.6) is 0 Å². The quantitative estimate of drug-likeness (QED) is 0.792.